The van der Waals surface area contributed by atoms with E-state index in [1.807, 2.05) is 23.9 Å². The monoisotopic (exact) mass is 415 g/mol. The van der Waals surface area contributed by atoms with Crippen LogP contribution >= 0.6 is 11.3 Å². The molecule has 1 aromatic carbocycles. The summed E-state index contributed by atoms with van der Waals surface area (Å²) in [6, 6.07) is 8.35. The summed E-state index contributed by atoms with van der Waals surface area (Å²) in [6.07, 6.45) is 2.05. The van der Waals surface area contributed by atoms with Crippen molar-refractivity contribution in [1.29, 1.82) is 0 Å². The first kappa shape index (κ1) is 19.7. The highest BCUT2D eigenvalue weighted by Gasteiger charge is 2.29. The second-order valence-corrected chi connectivity index (χ2v) is 7.89. The summed E-state index contributed by atoms with van der Waals surface area (Å²) in [5.74, 6) is 0.708. The fraction of sp³-hybridized carbons (Fsp3) is 0.381. The minimum Gasteiger partial charge on any atom is -0.421 e. The lowest BCUT2D eigenvalue weighted by Gasteiger charge is -2.35. The van der Waals surface area contributed by atoms with Crippen molar-refractivity contribution in [3.8, 4) is 11.5 Å². The summed E-state index contributed by atoms with van der Waals surface area (Å²) in [4.78, 5) is 14.5. The molecule has 8 heteroatoms. The number of ether oxygens (including phenoxy) is 1. The number of carbonyl (C=O) groups is 1. The first-order chi connectivity index (χ1) is 14.1. The molecule has 1 fully saturated rings. The summed E-state index contributed by atoms with van der Waals surface area (Å²) in [7, 11) is 1.82. The maximum Gasteiger partial charge on any atom is 0.248 e. The predicted molar refractivity (Wildman–Crippen MR) is 107 cm³/mol. The van der Waals surface area contributed by atoms with Crippen LogP contribution in [0.2, 0.25) is 0 Å². The maximum absolute atomic E-state index is 13.2. The number of hydrogen-bond acceptors (Lipinski definition) is 6. The van der Waals surface area contributed by atoms with Gasteiger partial charge in [-0.25, -0.2) is 4.39 Å². The van der Waals surface area contributed by atoms with E-state index in [-0.39, 0.29) is 23.9 Å². The molecule has 1 aliphatic heterocycles. The standard InChI is InChI=1S/C21H22FN3O3S/c1-25(17-8-10-27-18(12-17)14-2-4-16(22)5-3-14)20(26)7-6-19-23-24-21(28-19)15-9-11-29-13-15/h2-5,9,11,13,17-18H,6-8,10,12H2,1H3/t17-,18-/m1/s1. The van der Waals surface area contributed by atoms with E-state index in [9.17, 15) is 9.18 Å². The predicted octanol–water partition coefficient (Wildman–Crippen LogP) is 4.25. The van der Waals surface area contributed by atoms with Crippen molar-refractivity contribution in [2.24, 2.45) is 0 Å². The fourth-order valence-electron chi connectivity index (χ4n) is 3.49. The number of halogens is 1. The normalized spacial score (nSPS) is 19.2. The minimum atomic E-state index is -0.267. The van der Waals surface area contributed by atoms with Crippen molar-refractivity contribution in [3.63, 3.8) is 0 Å². The third kappa shape index (κ3) is 4.71. The Morgan fingerprint density at radius 2 is 2.10 bits per heavy atom. The van der Waals surface area contributed by atoms with E-state index in [4.69, 9.17) is 9.15 Å². The Hall–Kier alpha value is -2.58. The molecule has 6 nitrogen and oxygen atoms in total. The molecule has 1 saturated heterocycles. The van der Waals surface area contributed by atoms with Crippen LogP contribution in [-0.4, -0.2) is 40.7 Å². The zero-order valence-corrected chi connectivity index (χ0v) is 16.9. The molecule has 152 valence electrons. The molecular formula is C21H22FN3O3S. The van der Waals surface area contributed by atoms with E-state index >= 15 is 0 Å². The van der Waals surface area contributed by atoms with Crippen molar-refractivity contribution in [2.75, 3.05) is 13.7 Å². The first-order valence-electron chi connectivity index (χ1n) is 9.58. The number of thiophene rings is 1. The molecule has 3 aromatic rings. The van der Waals surface area contributed by atoms with Crippen LogP contribution in [0.4, 0.5) is 4.39 Å². The molecule has 0 N–H and O–H groups in total. The van der Waals surface area contributed by atoms with Crippen molar-refractivity contribution >= 4 is 17.2 Å². The lowest BCUT2D eigenvalue weighted by atomic mass is 9.96. The summed E-state index contributed by atoms with van der Waals surface area (Å²) >= 11 is 1.56. The maximum atomic E-state index is 13.2. The van der Waals surface area contributed by atoms with E-state index in [2.05, 4.69) is 10.2 Å². The van der Waals surface area contributed by atoms with Gasteiger partial charge in [0.25, 0.3) is 0 Å². The van der Waals surface area contributed by atoms with Gasteiger partial charge in [-0.1, -0.05) is 12.1 Å². The highest BCUT2D eigenvalue weighted by Crippen LogP contribution is 2.30. The number of rotatable bonds is 6. The number of carbonyl (C=O) groups excluding carboxylic acids is 1. The van der Waals surface area contributed by atoms with Crippen LogP contribution in [-0.2, 0) is 16.0 Å². The van der Waals surface area contributed by atoms with Gasteiger partial charge >= 0.3 is 0 Å². The summed E-state index contributed by atoms with van der Waals surface area (Å²) in [5, 5.41) is 12.0. The third-order valence-corrected chi connectivity index (χ3v) is 5.91. The molecule has 1 amide bonds. The quantitative estimate of drug-likeness (QED) is 0.602. The first-order valence-corrected chi connectivity index (χ1v) is 10.5. The highest BCUT2D eigenvalue weighted by molar-refractivity contribution is 7.08. The summed E-state index contributed by atoms with van der Waals surface area (Å²) in [6.45, 7) is 0.567. The number of benzene rings is 1. The zero-order valence-electron chi connectivity index (χ0n) is 16.1. The van der Waals surface area contributed by atoms with Gasteiger partial charge in [-0.05, 0) is 42.0 Å². The molecule has 0 radical (unpaired) electrons. The Kier molecular flexibility index (Phi) is 6.01. The lowest BCUT2D eigenvalue weighted by molar-refractivity contribution is -0.135. The Morgan fingerprint density at radius 1 is 1.28 bits per heavy atom. The zero-order chi connectivity index (χ0) is 20.2. The highest BCUT2D eigenvalue weighted by atomic mass is 32.1. The molecule has 1 aliphatic rings. The van der Waals surface area contributed by atoms with Crippen LogP contribution in [0.1, 0.15) is 36.8 Å². The topological polar surface area (TPSA) is 68.5 Å². The SMILES string of the molecule is CN(C(=O)CCc1nnc(-c2ccsc2)o1)[C@@H]1CCO[C@@H](c2ccc(F)cc2)C1. The number of aromatic nitrogens is 2. The van der Waals surface area contributed by atoms with Crippen molar-refractivity contribution < 1.29 is 18.3 Å². The van der Waals surface area contributed by atoms with E-state index in [0.29, 0.717) is 37.7 Å². The van der Waals surface area contributed by atoms with Crippen LogP contribution in [0.15, 0.2) is 45.5 Å². The van der Waals surface area contributed by atoms with Gasteiger partial charge in [0, 0.05) is 43.5 Å². The molecule has 0 unspecified atom stereocenters. The largest absolute Gasteiger partial charge is 0.421 e. The Labute approximate surface area is 172 Å². The van der Waals surface area contributed by atoms with Gasteiger partial charge in [0.2, 0.25) is 17.7 Å². The van der Waals surface area contributed by atoms with Gasteiger partial charge in [0.05, 0.1) is 6.10 Å². The Balaban J connectivity index is 1.32. The number of hydrogen-bond donors (Lipinski definition) is 0. The van der Waals surface area contributed by atoms with Crippen LogP contribution in [0.5, 0.6) is 0 Å². The average molecular weight is 415 g/mol. The minimum absolute atomic E-state index is 0.0324. The lowest BCUT2D eigenvalue weighted by Crippen LogP contribution is -2.41. The van der Waals surface area contributed by atoms with Crippen LogP contribution in [0, 0.1) is 5.82 Å². The molecule has 2 aromatic heterocycles. The van der Waals surface area contributed by atoms with Gasteiger partial charge < -0.3 is 14.1 Å². The molecule has 0 spiro atoms. The molecule has 4 rings (SSSR count). The number of aryl methyl sites for hydroxylation is 1. The van der Waals surface area contributed by atoms with Gasteiger partial charge in [-0.3, -0.25) is 4.79 Å². The molecule has 0 aliphatic carbocycles. The molecule has 0 saturated carbocycles. The molecule has 29 heavy (non-hydrogen) atoms. The molecule has 0 bridgehead atoms. The van der Waals surface area contributed by atoms with Crippen LogP contribution in [0.3, 0.4) is 0 Å². The van der Waals surface area contributed by atoms with Crippen molar-refractivity contribution in [1.82, 2.24) is 15.1 Å². The molecule has 2 atom stereocenters. The number of nitrogens with zero attached hydrogens (tertiary/aromatic N) is 3. The Morgan fingerprint density at radius 3 is 2.86 bits per heavy atom. The van der Waals surface area contributed by atoms with E-state index in [0.717, 1.165) is 17.5 Å². The Bertz CT molecular complexity index is 943. The second-order valence-electron chi connectivity index (χ2n) is 7.11. The summed E-state index contributed by atoms with van der Waals surface area (Å²) in [5.41, 5.74) is 1.83. The van der Waals surface area contributed by atoms with Gasteiger partial charge in [-0.2, -0.15) is 11.3 Å². The summed E-state index contributed by atoms with van der Waals surface area (Å²) < 4.78 is 24.7. The van der Waals surface area contributed by atoms with Crippen molar-refractivity contribution in [3.05, 3.63) is 58.4 Å². The van der Waals surface area contributed by atoms with Crippen LogP contribution in [0.25, 0.3) is 11.5 Å². The second kappa shape index (κ2) is 8.84. The van der Waals surface area contributed by atoms with Crippen molar-refractivity contribution in [2.45, 2.75) is 37.8 Å². The fourth-order valence-corrected chi connectivity index (χ4v) is 4.12. The smallest absolute Gasteiger partial charge is 0.248 e. The van der Waals surface area contributed by atoms with Gasteiger partial charge in [0.15, 0.2) is 0 Å². The number of amides is 1. The van der Waals surface area contributed by atoms with Crippen LogP contribution < -0.4 is 0 Å². The third-order valence-electron chi connectivity index (χ3n) is 5.23. The van der Waals surface area contributed by atoms with Gasteiger partial charge in [-0.15, -0.1) is 10.2 Å². The molecular weight excluding hydrogens is 393 g/mol. The van der Waals surface area contributed by atoms with E-state index in [1.165, 1.54) is 12.1 Å². The average Bonchev–Trinajstić information content (AvgIpc) is 3.44. The van der Waals surface area contributed by atoms with E-state index in [1.54, 1.807) is 28.4 Å². The van der Waals surface area contributed by atoms with E-state index < -0.39 is 0 Å². The van der Waals surface area contributed by atoms with Gasteiger partial charge in [0.1, 0.15) is 5.82 Å². The molecule has 3 heterocycles.